The van der Waals surface area contributed by atoms with Gasteiger partial charge in [0.1, 0.15) is 18.2 Å². The zero-order valence-electron chi connectivity index (χ0n) is 10.9. The van der Waals surface area contributed by atoms with Gasteiger partial charge in [-0.25, -0.2) is 4.39 Å². The van der Waals surface area contributed by atoms with Crippen molar-refractivity contribution in [3.63, 3.8) is 0 Å². The van der Waals surface area contributed by atoms with Gasteiger partial charge >= 0.3 is 0 Å². The Morgan fingerprint density at radius 1 is 1.05 bits per heavy atom. The maximum atomic E-state index is 12.8. The predicted molar refractivity (Wildman–Crippen MR) is 76.9 cm³/mol. The maximum absolute atomic E-state index is 12.8. The first-order valence-corrected chi connectivity index (χ1v) is 6.44. The Hall–Kier alpha value is -2.33. The summed E-state index contributed by atoms with van der Waals surface area (Å²) in [5.41, 5.74) is 8.95. The molecule has 0 aliphatic heterocycles. The van der Waals surface area contributed by atoms with E-state index < -0.39 is 0 Å². The van der Waals surface area contributed by atoms with Crippen molar-refractivity contribution in [3.8, 4) is 5.75 Å². The van der Waals surface area contributed by atoms with Crippen molar-refractivity contribution in [2.45, 2.75) is 13.2 Å². The van der Waals surface area contributed by atoms with Crippen molar-refractivity contribution in [2.75, 3.05) is 0 Å². The van der Waals surface area contributed by atoms with Crippen molar-refractivity contribution in [1.29, 1.82) is 0 Å². The van der Waals surface area contributed by atoms with E-state index in [2.05, 4.69) is 4.98 Å². The number of ether oxygens (including phenoxy) is 1. The maximum Gasteiger partial charge on any atom is 0.123 e. The average Bonchev–Trinajstić information content (AvgIpc) is 2.90. The molecule has 0 fully saturated rings. The first kappa shape index (κ1) is 12.7. The second kappa shape index (κ2) is 5.35. The largest absolute Gasteiger partial charge is 0.489 e. The lowest BCUT2D eigenvalue weighted by Crippen LogP contribution is -1.99. The van der Waals surface area contributed by atoms with Crippen molar-refractivity contribution >= 4 is 10.9 Å². The molecule has 3 rings (SSSR count). The Labute approximate surface area is 116 Å². The summed E-state index contributed by atoms with van der Waals surface area (Å²) in [6.45, 7) is 0.904. The zero-order valence-corrected chi connectivity index (χ0v) is 10.9. The first-order valence-electron chi connectivity index (χ1n) is 6.44. The fraction of sp³-hybridized carbons (Fsp3) is 0.125. The normalized spacial score (nSPS) is 10.9. The van der Waals surface area contributed by atoms with Gasteiger partial charge in [0.05, 0.1) is 0 Å². The van der Waals surface area contributed by atoms with Crippen LogP contribution in [-0.4, -0.2) is 4.98 Å². The summed E-state index contributed by atoms with van der Waals surface area (Å²) in [6.07, 6.45) is 1.92. The first-order chi connectivity index (χ1) is 9.78. The van der Waals surface area contributed by atoms with Gasteiger partial charge in [0, 0.05) is 29.2 Å². The van der Waals surface area contributed by atoms with Gasteiger partial charge in [-0.15, -0.1) is 0 Å². The molecule has 2 aromatic carbocycles. The molecule has 0 unspecified atom stereocenters. The molecule has 1 heterocycles. The summed E-state index contributed by atoms with van der Waals surface area (Å²) < 4.78 is 18.5. The number of benzene rings is 2. The zero-order chi connectivity index (χ0) is 13.9. The quantitative estimate of drug-likeness (QED) is 0.764. The Morgan fingerprint density at radius 3 is 2.60 bits per heavy atom. The van der Waals surface area contributed by atoms with Crippen LogP contribution in [0, 0.1) is 5.82 Å². The van der Waals surface area contributed by atoms with E-state index in [1.54, 1.807) is 12.1 Å². The summed E-state index contributed by atoms with van der Waals surface area (Å²) in [7, 11) is 0. The number of halogens is 1. The van der Waals surface area contributed by atoms with E-state index in [-0.39, 0.29) is 5.82 Å². The van der Waals surface area contributed by atoms with Crippen LogP contribution >= 0.6 is 0 Å². The molecule has 0 saturated carbocycles. The van der Waals surface area contributed by atoms with E-state index in [1.165, 1.54) is 12.1 Å². The minimum Gasteiger partial charge on any atom is -0.489 e. The molecular weight excluding hydrogens is 255 g/mol. The average molecular weight is 270 g/mol. The molecule has 102 valence electrons. The second-order valence-electron chi connectivity index (χ2n) is 4.60. The Kier molecular flexibility index (Phi) is 3.39. The van der Waals surface area contributed by atoms with Gasteiger partial charge in [-0.2, -0.15) is 0 Å². The lowest BCUT2D eigenvalue weighted by atomic mass is 10.1. The molecule has 0 radical (unpaired) electrons. The van der Waals surface area contributed by atoms with Crippen molar-refractivity contribution < 1.29 is 9.13 Å². The number of hydrogen-bond acceptors (Lipinski definition) is 2. The van der Waals surface area contributed by atoms with Gasteiger partial charge in [-0.3, -0.25) is 0 Å². The lowest BCUT2D eigenvalue weighted by molar-refractivity contribution is 0.307. The summed E-state index contributed by atoms with van der Waals surface area (Å²) in [5, 5.41) is 1.11. The summed E-state index contributed by atoms with van der Waals surface area (Å²) >= 11 is 0. The van der Waals surface area contributed by atoms with Gasteiger partial charge in [0.25, 0.3) is 0 Å². The molecule has 0 aliphatic rings. The van der Waals surface area contributed by atoms with Crippen LogP contribution in [0.15, 0.2) is 48.7 Å². The van der Waals surface area contributed by atoms with E-state index in [0.717, 1.165) is 22.0 Å². The van der Waals surface area contributed by atoms with Crippen LogP contribution in [0.2, 0.25) is 0 Å². The van der Waals surface area contributed by atoms with E-state index >= 15 is 0 Å². The number of nitrogens with two attached hydrogens (primary N) is 1. The van der Waals surface area contributed by atoms with E-state index in [9.17, 15) is 4.39 Å². The molecule has 0 aliphatic carbocycles. The smallest absolute Gasteiger partial charge is 0.123 e. The molecule has 0 bridgehead atoms. The highest BCUT2D eigenvalue weighted by atomic mass is 19.1. The minimum absolute atomic E-state index is 0.269. The predicted octanol–water partition coefficient (Wildman–Crippen LogP) is 3.34. The molecule has 1 aromatic heterocycles. The molecular formula is C16H15FN2O. The van der Waals surface area contributed by atoms with E-state index in [4.69, 9.17) is 10.5 Å². The van der Waals surface area contributed by atoms with E-state index in [1.807, 2.05) is 24.4 Å². The topological polar surface area (TPSA) is 51.0 Å². The van der Waals surface area contributed by atoms with Crippen LogP contribution in [0.5, 0.6) is 5.75 Å². The number of rotatable bonds is 4. The summed E-state index contributed by atoms with van der Waals surface area (Å²) in [6, 6.07) is 12.0. The third kappa shape index (κ3) is 2.38. The molecule has 3 aromatic rings. The molecule has 0 amide bonds. The molecule has 4 heteroatoms. The van der Waals surface area contributed by atoms with Gasteiger partial charge in [0.2, 0.25) is 0 Å². The second-order valence-corrected chi connectivity index (χ2v) is 4.60. The third-order valence-corrected chi connectivity index (χ3v) is 3.30. The number of hydrogen-bond donors (Lipinski definition) is 2. The summed E-state index contributed by atoms with van der Waals surface area (Å²) in [4.78, 5) is 3.21. The van der Waals surface area contributed by atoms with Crippen LogP contribution in [0.4, 0.5) is 4.39 Å². The Morgan fingerprint density at radius 2 is 1.85 bits per heavy atom. The minimum atomic E-state index is -0.269. The number of aromatic amines is 1. The van der Waals surface area contributed by atoms with Crippen LogP contribution in [0.3, 0.4) is 0 Å². The fourth-order valence-electron chi connectivity index (χ4n) is 2.31. The Bertz CT molecular complexity index is 719. The molecule has 3 nitrogen and oxygen atoms in total. The van der Waals surface area contributed by atoms with Crippen LogP contribution in [0.1, 0.15) is 11.1 Å². The van der Waals surface area contributed by atoms with Crippen LogP contribution in [0.25, 0.3) is 10.9 Å². The highest BCUT2D eigenvalue weighted by molar-refractivity contribution is 5.86. The standard InChI is InChI=1S/C16H15FN2O/c17-13-4-6-14(7-5-13)20-10-12-9-19-15-3-1-2-11(8-18)16(12)15/h1-7,9,19H,8,10,18H2. The van der Waals surface area contributed by atoms with Crippen LogP contribution < -0.4 is 10.5 Å². The number of fused-ring (bicyclic) bond motifs is 1. The van der Waals surface area contributed by atoms with E-state index in [0.29, 0.717) is 18.9 Å². The SMILES string of the molecule is NCc1cccc2[nH]cc(COc3ccc(F)cc3)c12. The molecule has 0 saturated heterocycles. The molecule has 20 heavy (non-hydrogen) atoms. The van der Waals surface area contributed by atoms with Crippen molar-refractivity contribution in [2.24, 2.45) is 5.73 Å². The van der Waals surface area contributed by atoms with Gasteiger partial charge < -0.3 is 15.5 Å². The van der Waals surface area contributed by atoms with Gasteiger partial charge in [0.15, 0.2) is 0 Å². The summed E-state index contributed by atoms with van der Waals surface area (Å²) in [5.74, 6) is 0.376. The number of H-pyrrole nitrogens is 1. The highest BCUT2D eigenvalue weighted by Crippen LogP contribution is 2.24. The third-order valence-electron chi connectivity index (χ3n) is 3.30. The van der Waals surface area contributed by atoms with Crippen LogP contribution in [-0.2, 0) is 13.2 Å². The lowest BCUT2D eigenvalue weighted by Gasteiger charge is -2.07. The van der Waals surface area contributed by atoms with Crippen molar-refractivity contribution in [3.05, 3.63) is 65.6 Å². The molecule has 0 atom stereocenters. The molecule has 3 N–H and O–H groups in total. The number of aromatic nitrogens is 1. The molecule has 0 spiro atoms. The van der Waals surface area contributed by atoms with Gasteiger partial charge in [-0.05, 0) is 35.9 Å². The highest BCUT2D eigenvalue weighted by Gasteiger charge is 2.08. The van der Waals surface area contributed by atoms with Gasteiger partial charge in [-0.1, -0.05) is 12.1 Å². The fourth-order valence-corrected chi connectivity index (χ4v) is 2.31. The number of nitrogens with one attached hydrogen (secondary N) is 1. The Balaban J connectivity index is 1.86. The van der Waals surface area contributed by atoms with Crippen molar-refractivity contribution in [1.82, 2.24) is 4.98 Å². The monoisotopic (exact) mass is 270 g/mol.